The Morgan fingerprint density at radius 2 is 2.25 bits per heavy atom. The molecule has 0 fully saturated rings. The lowest BCUT2D eigenvalue weighted by Crippen LogP contribution is -1.89. The third-order valence-corrected chi connectivity index (χ3v) is 3.17. The molecule has 0 saturated carbocycles. The molecular weight excluding hydrogens is 284 g/mol. The van der Waals surface area contributed by atoms with E-state index in [1.807, 2.05) is 19.1 Å². The lowest BCUT2D eigenvalue weighted by Gasteiger charge is -2.03. The lowest BCUT2D eigenvalue weighted by atomic mass is 10.1. The minimum absolute atomic E-state index is 0.457. The molecule has 0 aliphatic rings. The van der Waals surface area contributed by atoms with Crippen molar-refractivity contribution in [3.8, 4) is 6.07 Å². The maximum Gasteiger partial charge on any atom is 0.0669 e. The van der Waals surface area contributed by atoms with E-state index in [0.29, 0.717) is 6.42 Å². The van der Waals surface area contributed by atoms with Crippen molar-refractivity contribution < 1.29 is 0 Å². The van der Waals surface area contributed by atoms with Gasteiger partial charge in [-0.3, -0.25) is 0 Å². The Morgan fingerprint density at radius 3 is 2.83 bits per heavy atom. The number of halogens is 2. The van der Waals surface area contributed by atoms with Crippen LogP contribution >= 0.6 is 34.2 Å². The summed E-state index contributed by atoms with van der Waals surface area (Å²) in [4.78, 5) is 0. The van der Waals surface area contributed by atoms with Crippen molar-refractivity contribution in [2.75, 3.05) is 0 Å². The molecule has 0 aliphatic carbocycles. The van der Waals surface area contributed by atoms with Gasteiger partial charge in [0.1, 0.15) is 0 Å². The van der Waals surface area contributed by atoms with E-state index < -0.39 is 0 Å². The number of nitriles is 1. The second kappa shape index (κ2) is 4.11. The second-order valence-corrected chi connectivity index (χ2v) is 4.10. The average Bonchev–Trinajstić information content (AvgIpc) is 2.01. The number of benzene rings is 1. The summed E-state index contributed by atoms with van der Waals surface area (Å²) in [6, 6.07) is 5.98. The van der Waals surface area contributed by atoms with Gasteiger partial charge >= 0.3 is 0 Å². The van der Waals surface area contributed by atoms with Crippen LogP contribution in [0.1, 0.15) is 11.1 Å². The summed E-state index contributed by atoms with van der Waals surface area (Å²) in [5, 5.41) is 9.28. The van der Waals surface area contributed by atoms with Gasteiger partial charge in [0, 0.05) is 3.57 Å². The molecule has 0 bridgehead atoms. The van der Waals surface area contributed by atoms with Crippen LogP contribution in [0.2, 0.25) is 5.02 Å². The van der Waals surface area contributed by atoms with Crippen molar-refractivity contribution in [1.82, 2.24) is 0 Å². The number of rotatable bonds is 1. The van der Waals surface area contributed by atoms with Crippen molar-refractivity contribution in [2.45, 2.75) is 13.3 Å². The highest BCUT2D eigenvalue weighted by atomic mass is 127. The van der Waals surface area contributed by atoms with Gasteiger partial charge in [0.2, 0.25) is 0 Å². The molecule has 0 amide bonds. The van der Waals surface area contributed by atoms with E-state index in [-0.39, 0.29) is 0 Å². The molecule has 0 N–H and O–H groups in total. The Bertz CT molecular complexity index is 341. The molecular formula is C9H7ClIN. The number of aryl methyl sites for hydroxylation is 1. The highest BCUT2D eigenvalue weighted by Crippen LogP contribution is 2.22. The van der Waals surface area contributed by atoms with Crippen LogP contribution in [0, 0.1) is 21.8 Å². The Balaban J connectivity index is 3.16. The summed E-state index contributed by atoms with van der Waals surface area (Å²) in [5.41, 5.74) is 2.15. The molecule has 0 aromatic heterocycles. The van der Waals surface area contributed by atoms with Crippen molar-refractivity contribution in [3.63, 3.8) is 0 Å². The van der Waals surface area contributed by atoms with Gasteiger partial charge < -0.3 is 0 Å². The zero-order valence-electron chi connectivity index (χ0n) is 6.56. The molecule has 0 unspecified atom stereocenters. The Hall–Kier alpha value is -0.270. The van der Waals surface area contributed by atoms with Crippen LogP contribution in [0.3, 0.4) is 0 Å². The van der Waals surface area contributed by atoms with E-state index in [4.69, 9.17) is 16.9 Å². The molecule has 12 heavy (non-hydrogen) atoms. The van der Waals surface area contributed by atoms with E-state index in [1.54, 1.807) is 0 Å². The molecule has 1 nitrogen and oxygen atoms in total. The SMILES string of the molecule is Cc1cc(Cl)c(I)cc1CC#N. The number of hydrogen-bond donors (Lipinski definition) is 0. The van der Waals surface area contributed by atoms with Gasteiger partial charge in [0.25, 0.3) is 0 Å². The summed E-state index contributed by atoms with van der Waals surface area (Å²) >= 11 is 8.06. The molecule has 1 aromatic carbocycles. The van der Waals surface area contributed by atoms with Crippen LogP contribution < -0.4 is 0 Å². The van der Waals surface area contributed by atoms with E-state index in [9.17, 15) is 0 Å². The fourth-order valence-corrected chi connectivity index (χ4v) is 1.71. The highest BCUT2D eigenvalue weighted by molar-refractivity contribution is 14.1. The van der Waals surface area contributed by atoms with Crippen molar-refractivity contribution >= 4 is 34.2 Å². The molecule has 0 heterocycles. The largest absolute Gasteiger partial charge is 0.198 e. The summed E-state index contributed by atoms with van der Waals surface area (Å²) in [5.74, 6) is 0. The quantitative estimate of drug-likeness (QED) is 0.728. The van der Waals surface area contributed by atoms with Crippen LogP contribution in [0.4, 0.5) is 0 Å². The molecule has 0 spiro atoms. The topological polar surface area (TPSA) is 23.8 Å². The van der Waals surface area contributed by atoms with Crippen LogP contribution in [0.5, 0.6) is 0 Å². The molecule has 1 aromatic rings. The van der Waals surface area contributed by atoms with Gasteiger partial charge in [-0.15, -0.1) is 0 Å². The fraction of sp³-hybridized carbons (Fsp3) is 0.222. The average molecular weight is 292 g/mol. The standard InChI is InChI=1S/C9H7ClIN/c1-6-4-8(10)9(11)5-7(6)2-3-12/h4-5H,2H2,1H3. The van der Waals surface area contributed by atoms with Crippen molar-refractivity contribution in [2.24, 2.45) is 0 Å². The first-order chi connectivity index (χ1) is 5.65. The van der Waals surface area contributed by atoms with Crippen LogP contribution in [-0.2, 0) is 6.42 Å². The molecule has 0 radical (unpaired) electrons. The Morgan fingerprint density at radius 1 is 1.58 bits per heavy atom. The van der Waals surface area contributed by atoms with E-state index >= 15 is 0 Å². The monoisotopic (exact) mass is 291 g/mol. The summed E-state index contributed by atoms with van der Waals surface area (Å²) in [7, 11) is 0. The minimum Gasteiger partial charge on any atom is -0.198 e. The smallest absolute Gasteiger partial charge is 0.0669 e. The Labute approximate surface area is 90.5 Å². The Kier molecular flexibility index (Phi) is 3.36. The molecule has 62 valence electrons. The predicted molar refractivity (Wildman–Crippen MR) is 58.2 cm³/mol. The van der Waals surface area contributed by atoms with Crippen LogP contribution in [0.25, 0.3) is 0 Å². The summed E-state index contributed by atoms with van der Waals surface area (Å²) in [6.07, 6.45) is 0.457. The zero-order valence-corrected chi connectivity index (χ0v) is 9.48. The fourth-order valence-electron chi connectivity index (χ4n) is 0.963. The highest BCUT2D eigenvalue weighted by Gasteiger charge is 2.02. The van der Waals surface area contributed by atoms with E-state index in [2.05, 4.69) is 28.7 Å². The summed E-state index contributed by atoms with van der Waals surface area (Å²) in [6.45, 7) is 1.97. The molecule has 0 aliphatic heterocycles. The number of hydrogen-bond acceptors (Lipinski definition) is 1. The first kappa shape index (κ1) is 9.82. The van der Waals surface area contributed by atoms with Crippen molar-refractivity contribution in [1.29, 1.82) is 5.26 Å². The predicted octanol–water partition coefficient (Wildman–Crippen LogP) is 3.32. The summed E-state index contributed by atoms with van der Waals surface area (Å²) < 4.78 is 1.00. The third kappa shape index (κ3) is 2.11. The van der Waals surface area contributed by atoms with Crippen LogP contribution in [0.15, 0.2) is 12.1 Å². The van der Waals surface area contributed by atoms with Gasteiger partial charge in [0.05, 0.1) is 17.5 Å². The molecule has 0 atom stereocenters. The van der Waals surface area contributed by atoms with Gasteiger partial charge in [-0.1, -0.05) is 11.6 Å². The second-order valence-electron chi connectivity index (χ2n) is 2.53. The maximum absolute atomic E-state index is 8.52. The van der Waals surface area contributed by atoms with Crippen molar-refractivity contribution in [3.05, 3.63) is 31.9 Å². The lowest BCUT2D eigenvalue weighted by molar-refractivity contribution is 1.21. The molecule has 1 rings (SSSR count). The first-order valence-corrected chi connectivity index (χ1v) is 4.92. The number of nitrogens with zero attached hydrogens (tertiary/aromatic N) is 1. The third-order valence-electron chi connectivity index (χ3n) is 1.65. The first-order valence-electron chi connectivity index (χ1n) is 3.46. The van der Waals surface area contributed by atoms with E-state index in [0.717, 1.165) is 19.7 Å². The minimum atomic E-state index is 0.457. The zero-order chi connectivity index (χ0) is 9.14. The van der Waals surface area contributed by atoms with Gasteiger partial charge in [-0.2, -0.15) is 5.26 Å². The van der Waals surface area contributed by atoms with Gasteiger partial charge in [-0.25, -0.2) is 0 Å². The van der Waals surface area contributed by atoms with Gasteiger partial charge in [-0.05, 0) is 52.8 Å². The normalized spacial score (nSPS) is 9.50. The van der Waals surface area contributed by atoms with Gasteiger partial charge in [0.15, 0.2) is 0 Å². The van der Waals surface area contributed by atoms with Crippen LogP contribution in [-0.4, -0.2) is 0 Å². The van der Waals surface area contributed by atoms with E-state index in [1.165, 1.54) is 0 Å². The maximum atomic E-state index is 8.52. The molecule has 0 saturated heterocycles. The molecule has 3 heteroatoms.